The molecule has 1 atom stereocenters. The monoisotopic (exact) mass is 460 g/mol. The summed E-state index contributed by atoms with van der Waals surface area (Å²) in [6, 6.07) is 25.7. The van der Waals surface area contributed by atoms with Crippen molar-refractivity contribution in [2.45, 2.75) is 36.1 Å². The Kier molecular flexibility index (Phi) is 7.76. The summed E-state index contributed by atoms with van der Waals surface area (Å²) >= 11 is 1.35. The molecule has 0 amide bonds. The van der Waals surface area contributed by atoms with Crippen LogP contribution in [0, 0.1) is 0 Å². The highest BCUT2D eigenvalue weighted by atomic mass is 32.2. The van der Waals surface area contributed by atoms with Crippen LogP contribution in [0.25, 0.3) is 11.0 Å². The van der Waals surface area contributed by atoms with E-state index in [1.807, 2.05) is 60.7 Å². The number of nitrogens with zero attached hydrogens (tertiary/aromatic N) is 1. The molecular weight excluding hydrogens is 436 g/mol. The van der Waals surface area contributed by atoms with Crippen LogP contribution < -0.4 is 9.47 Å². The van der Waals surface area contributed by atoms with Crippen molar-refractivity contribution in [3.63, 3.8) is 0 Å². The minimum atomic E-state index is -0.462. The second kappa shape index (κ2) is 11.3. The minimum Gasteiger partial charge on any atom is -0.427 e. The van der Waals surface area contributed by atoms with Crippen molar-refractivity contribution < 1.29 is 19.1 Å². The molecule has 168 valence electrons. The molecular formula is C26H24N2O4S. The molecule has 4 rings (SSSR count). The van der Waals surface area contributed by atoms with Gasteiger partial charge in [0.05, 0.1) is 11.0 Å². The largest absolute Gasteiger partial charge is 0.427 e. The standard InChI is InChI=1S/C26H24N2O4S/c29-24(31-19-11-3-1-4-12-19)18-10-9-17-23(25(30)32-20-13-5-2-6-14-20)33-26-27-21-15-7-8-16-22(21)28-26/h1-8,11-16,23H,9-10,17-18H2,(H,27,28). The van der Waals surface area contributed by atoms with Crippen molar-refractivity contribution in [3.05, 3.63) is 84.9 Å². The molecule has 0 aliphatic carbocycles. The fourth-order valence-corrected chi connectivity index (χ4v) is 4.30. The molecule has 0 saturated carbocycles. The van der Waals surface area contributed by atoms with Gasteiger partial charge in [0.1, 0.15) is 16.7 Å². The van der Waals surface area contributed by atoms with Gasteiger partial charge in [-0.1, -0.05) is 66.7 Å². The first-order chi connectivity index (χ1) is 16.2. The van der Waals surface area contributed by atoms with Crippen LogP contribution in [0.5, 0.6) is 11.5 Å². The van der Waals surface area contributed by atoms with Gasteiger partial charge in [0.2, 0.25) is 0 Å². The summed E-state index contributed by atoms with van der Waals surface area (Å²) in [4.78, 5) is 32.8. The van der Waals surface area contributed by atoms with Gasteiger partial charge in [-0.2, -0.15) is 0 Å². The van der Waals surface area contributed by atoms with Crippen molar-refractivity contribution in [1.29, 1.82) is 0 Å². The van der Waals surface area contributed by atoms with E-state index in [4.69, 9.17) is 9.47 Å². The van der Waals surface area contributed by atoms with Crippen molar-refractivity contribution in [2.24, 2.45) is 0 Å². The summed E-state index contributed by atoms with van der Waals surface area (Å²) in [6.07, 6.45) is 2.11. The van der Waals surface area contributed by atoms with E-state index < -0.39 is 5.25 Å². The van der Waals surface area contributed by atoms with Crippen LogP contribution in [-0.2, 0) is 9.59 Å². The Morgan fingerprint density at radius 2 is 1.45 bits per heavy atom. The van der Waals surface area contributed by atoms with Gasteiger partial charge in [-0.05, 0) is 49.2 Å². The molecule has 3 aromatic carbocycles. The fraction of sp³-hybridized carbons (Fsp3) is 0.192. The van der Waals surface area contributed by atoms with Crippen molar-refractivity contribution in [3.8, 4) is 11.5 Å². The lowest BCUT2D eigenvalue weighted by Crippen LogP contribution is -2.23. The van der Waals surface area contributed by atoms with Crippen molar-refractivity contribution in [2.75, 3.05) is 0 Å². The van der Waals surface area contributed by atoms with E-state index in [-0.39, 0.29) is 18.4 Å². The third kappa shape index (κ3) is 6.70. The number of rotatable bonds is 10. The van der Waals surface area contributed by atoms with E-state index >= 15 is 0 Å². The van der Waals surface area contributed by atoms with E-state index in [0.717, 1.165) is 11.0 Å². The Hall–Kier alpha value is -3.58. The quantitative estimate of drug-likeness (QED) is 0.140. The molecule has 1 heterocycles. The summed E-state index contributed by atoms with van der Waals surface area (Å²) in [5, 5.41) is 0.200. The van der Waals surface area contributed by atoms with Crippen LogP contribution in [0.1, 0.15) is 25.7 Å². The predicted molar refractivity (Wildman–Crippen MR) is 128 cm³/mol. The first-order valence-electron chi connectivity index (χ1n) is 10.8. The molecule has 7 heteroatoms. The van der Waals surface area contributed by atoms with Gasteiger partial charge in [-0.25, -0.2) is 4.98 Å². The summed E-state index contributed by atoms with van der Waals surface area (Å²) in [5.41, 5.74) is 1.76. The molecule has 1 N–H and O–H groups in total. The number of carbonyl (C=O) groups is 2. The van der Waals surface area contributed by atoms with Crippen LogP contribution in [0.4, 0.5) is 0 Å². The molecule has 0 spiro atoms. The number of aromatic nitrogens is 2. The topological polar surface area (TPSA) is 81.3 Å². The number of hydrogen-bond acceptors (Lipinski definition) is 6. The van der Waals surface area contributed by atoms with Crippen molar-refractivity contribution in [1.82, 2.24) is 9.97 Å². The van der Waals surface area contributed by atoms with Crippen LogP contribution in [0.15, 0.2) is 90.1 Å². The summed E-state index contributed by atoms with van der Waals surface area (Å²) in [7, 11) is 0. The highest BCUT2D eigenvalue weighted by Gasteiger charge is 2.24. The normalized spacial score (nSPS) is 11.8. The molecule has 0 fully saturated rings. The van der Waals surface area contributed by atoms with E-state index in [1.54, 1.807) is 24.3 Å². The number of benzene rings is 3. The number of H-pyrrole nitrogens is 1. The van der Waals surface area contributed by atoms with Gasteiger partial charge in [-0.15, -0.1) is 0 Å². The lowest BCUT2D eigenvalue weighted by atomic mass is 10.1. The average molecular weight is 461 g/mol. The third-order valence-corrected chi connectivity index (χ3v) is 6.05. The number of esters is 2. The molecule has 0 radical (unpaired) electrons. The van der Waals surface area contributed by atoms with Gasteiger partial charge < -0.3 is 14.5 Å². The molecule has 0 bridgehead atoms. The first kappa shape index (κ1) is 22.6. The predicted octanol–water partition coefficient (Wildman–Crippen LogP) is 5.80. The van der Waals surface area contributed by atoms with Crippen LogP contribution in [-0.4, -0.2) is 27.2 Å². The number of carbonyl (C=O) groups excluding carboxylic acids is 2. The van der Waals surface area contributed by atoms with Crippen LogP contribution in [0.3, 0.4) is 0 Å². The number of imidazole rings is 1. The number of fused-ring (bicyclic) bond motifs is 1. The zero-order valence-electron chi connectivity index (χ0n) is 18.0. The van der Waals surface area contributed by atoms with E-state index in [1.165, 1.54) is 11.8 Å². The lowest BCUT2D eigenvalue weighted by Gasteiger charge is -2.14. The van der Waals surface area contributed by atoms with E-state index in [9.17, 15) is 9.59 Å². The zero-order chi connectivity index (χ0) is 22.9. The molecule has 4 aromatic rings. The van der Waals surface area contributed by atoms with E-state index in [2.05, 4.69) is 9.97 Å². The van der Waals surface area contributed by atoms with Crippen molar-refractivity contribution >= 4 is 34.7 Å². The second-order valence-corrected chi connectivity index (χ2v) is 8.62. The highest BCUT2D eigenvalue weighted by molar-refractivity contribution is 8.00. The molecule has 1 unspecified atom stereocenters. The van der Waals surface area contributed by atoms with Gasteiger partial charge in [0, 0.05) is 6.42 Å². The molecule has 0 aliphatic heterocycles. The molecule has 6 nitrogen and oxygen atoms in total. The number of aromatic amines is 1. The number of thioether (sulfide) groups is 1. The van der Waals surface area contributed by atoms with Gasteiger partial charge in [0.25, 0.3) is 0 Å². The second-order valence-electron chi connectivity index (χ2n) is 7.43. The molecule has 1 aromatic heterocycles. The lowest BCUT2D eigenvalue weighted by molar-refractivity contribution is -0.134. The number of nitrogens with one attached hydrogen (secondary N) is 1. The number of para-hydroxylation sites is 4. The number of ether oxygens (including phenoxy) is 2. The highest BCUT2D eigenvalue weighted by Crippen LogP contribution is 2.28. The van der Waals surface area contributed by atoms with Crippen LogP contribution >= 0.6 is 11.8 Å². The average Bonchev–Trinajstić information content (AvgIpc) is 3.25. The zero-order valence-corrected chi connectivity index (χ0v) is 18.8. The number of unbranched alkanes of at least 4 members (excludes halogenated alkanes) is 1. The maximum Gasteiger partial charge on any atom is 0.324 e. The number of hydrogen-bond donors (Lipinski definition) is 1. The smallest absolute Gasteiger partial charge is 0.324 e. The molecule has 0 saturated heterocycles. The maximum atomic E-state index is 12.9. The molecule has 33 heavy (non-hydrogen) atoms. The Morgan fingerprint density at radius 3 is 2.15 bits per heavy atom. The maximum absolute atomic E-state index is 12.9. The Labute approximate surface area is 196 Å². The molecule has 0 aliphatic rings. The van der Waals surface area contributed by atoms with Gasteiger partial charge in [-0.3, -0.25) is 9.59 Å². The Balaban J connectivity index is 1.35. The minimum absolute atomic E-state index is 0.282. The van der Waals surface area contributed by atoms with Gasteiger partial charge >= 0.3 is 11.9 Å². The summed E-state index contributed by atoms with van der Waals surface area (Å²) < 4.78 is 10.9. The van der Waals surface area contributed by atoms with E-state index in [0.29, 0.717) is 35.9 Å². The van der Waals surface area contributed by atoms with Crippen LogP contribution in [0.2, 0.25) is 0 Å². The summed E-state index contributed by atoms with van der Waals surface area (Å²) in [6.45, 7) is 0. The third-order valence-electron chi connectivity index (χ3n) is 4.92. The fourth-order valence-electron chi connectivity index (χ4n) is 3.29. The summed E-state index contributed by atoms with van der Waals surface area (Å²) in [5.74, 6) is 0.421. The van der Waals surface area contributed by atoms with Gasteiger partial charge in [0.15, 0.2) is 5.16 Å². The Morgan fingerprint density at radius 1 is 0.818 bits per heavy atom. The SMILES string of the molecule is O=C(CCCCC(Sc1nc2ccccc2[nH]1)C(=O)Oc1ccccc1)Oc1ccccc1. The first-order valence-corrected chi connectivity index (χ1v) is 11.7. The Bertz CT molecular complexity index is 1160.